The summed E-state index contributed by atoms with van der Waals surface area (Å²) >= 11 is 0. The van der Waals surface area contributed by atoms with Crippen LogP contribution in [0.15, 0.2) is 24.3 Å². The van der Waals surface area contributed by atoms with Crippen molar-refractivity contribution in [2.75, 3.05) is 6.54 Å². The van der Waals surface area contributed by atoms with Gasteiger partial charge in [-0.15, -0.1) is 0 Å². The first kappa shape index (κ1) is 12.6. The molecule has 0 heterocycles. The van der Waals surface area contributed by atoms with Crippen LogP contribution < -0.4 is 11.1 Å². The van der Waals surface area contributed by atoms with E-state index in [1.54, 1.807) is 0 Å². The van der Waals surface area contributed by atoms with Gasteiger partial charge in [-0.3, -0.25) is 0 Å². The summed E-state index contributed by atoms with van der Waals surface area (Å²) in [7, 11) is 0. The molecule has 1 saturated carbocycles. The maximum absolute atomic E-state index is 5.92. The van der Waals surface area contributed by atoms with Gasteiger partial charge in [0.2, 0.25) is 0 Å². The monoisotopic (exact) mass is 232 g/mol. The normalized spacial score (nSPS) is 24.8. The van der Waals surface area contributed by atoms with Gasteiger partial charge in [0, 0.05) is 12.6 Å². The Bertz CT molecular complexity index is 341. The van der Waals surface area contributed by atoms with Crippen molar-refractivity contribution in [3.8, 4) is 0 Å². The molecule has 0 spiro atoms. The van der Waals surface area contributed by atoms with E-state index in [9.17, 15) is 0 Å². The fourth-order valence-corrected chi connectivity index (χ4v) is 2.61. The standard InChI is InChI=1S/C15H24N2/c1-12-4-2-3-5-14(12)11-17-10-13-6-8-15(16)9-7-13/h2-5,13,15,17H,6-11,16H2,1H3. The Hall–Kier alpha value is -0.860. The number of nitrogens with one attached hydrogen (secondary N) is 1. The summed E-state index contributed by atoms with van der Waals surface area (Å²) in [4.78, 5) is 0. The number of benzene rings is 1. The zero-order valence-corrected chi connectivity index (χ0v) is 10.8. The number of nitrogens with two attached hydrogens (primary N) is 1. The lowest BCUT2D eigenvalue weighted by atomic mass is 9.86. The molecule has 0 radical (unpaired) electrons. The Labute approximate surface area is 105 Å². The zero-order chi connectivity index (χ0) is 12.1. The van der Waals surface area contributed by atoms with Gasteiger partial charge in [-0.2, -0.15) is 0 Å². The molecule has 2 heteroatoms. The van der Waals surface area contributed by atoms with Crippen LogP contribution in [0.2, 0.25) is 0 Å². The van der Waals surface area contributed by atoms with Crippen molar-refractivity contribution in [2.24, 2.45) is 11.7 Å². The molecule has 0 amide bonds. The molecule has 0 aromatic heterocycles. The second kappa shape index (κ2) is 6.18. The highest BCUT2D eigenvalue weighted by molar-refractivity contribution is 5.25. The zero-order valence-electron chi connectivity index (χ0n) is 10.8. The summed E-state index contributed by atoms with van der Waals surface area (Å²) in [5.41, 5.74) is 8.71. The third-order valence-corrected chi connectivity index (χ3v) is 3.90. The van der Waals surface area contributed by atoms with Crippen LogP contribution in [0.3, 0.4) is 0 Å². The molecule has 0 atom stereocenters. The van der Waals surface area contributed by atoms with E-state index in [1.165, 1.54) is 36.8 Å². The highest BCUT2D eigenvalue weighted by atomic mass is 14.9. The van der Waals surface area contributed by atoms with Crippen LogP contribution in [0.4, 0.5) is 0 Å². The van der Waals surface area contributed by atoms with E-state index in [2.05, 4.69) is 36.5 Å². The van der Waals surface area contributed by atoms with Crippen molar-refractivity contribution >= 4 is 0 Å². The fraction of sp³-hybridized carbons (Fsp3) is 0.600. The fourth-order valence-electron chi connectivity index (χ4n) is 2.61. The number of rotatable bonds is 4. The maximum atomic E-state index is 5.92. The van der Waals surface area contributed by atoms with Gasteiger partial charge in [0.25, 0.3) is 0 Å². The molecule has 0 unspecified atom stereocenters. The topological polar surface area (TPSA) is 38.0 Å². The minimum Gasteiger partial charge on any atom is -0.328 e. The summed E-state index contributed by atoms with van der Waals surface area (Å²) in [6.45, 7) is 4.31. The largest absolute Gasteiger partial charge is 0.328 e. The van der Waals surface area contributed by atoms with Crippen LogP contribution in [0.5, 0.6) is 0 Å². The van der Waals surface area contributed by atoms with Gasteiger partial charge < -0.3 is 11.1 Å². The maximum Gasteiger partial charge on any atom is 0.0208 e. The molecule has 3 N–H and O–H groups in total. The minimum absolute atomic E-state index is 0.461. The van der Waals surface area contributed by atoms with E-state index in [0.717, 1.165) is 19.0 Å². The van der Waals surface area contributed by atoms with E-state index in [1.807, 2.05) is 0 Å². The van der Waals surface area contributed by atoms with Gasteiger partial charge in [0.05, 0.1) is 0 Å². The Balaban J connectivity index is 1.71. The summed E-state index contributed by atoms with van der Waals surface area (Å²) in [6.07, 6.45) is 5.00. The van der Waals surface area contributed by atoms with E-state index in [4.69, 9.17) is 5.73 Å². The first-order chi connectivity index (χ1) is 8.25. The van der Waals surface area contributed by atoms with Gasteiger partial charge in [-0.05, 0) is 56.2 Å². The van der Waals surface area contributed by atoms with Crippen molar-refractivity contribution in [3.05, 3.63) is 35.4 Å². The molecular weight excluding hydrogens is 208 g/mol. The Kier molecular flexibility index (Phi) is 4.57. The van der Waals surface area contributed by atoms with Crippen LogP contribution in [0.1, 0.15) is 36.8 Å². The van der Waals surface area contributed by atoms with Crippen LogP contribution in [0, 0.1) is 12.8 Å². The molecule has 0 saturated heterocycles. The summed E-state index contributed by atoms with van der Waals surface area (Å²) in [5, 5.41) is 3.59. The molecular formula is C15H24N2. The average Bonchev–Trinajstić information content (AvgIpc) is 2.34. The predicted molar refractivity (Wildman–Crippen MR) is 72.8 cm³/mol. The van der Waals surface area contributed by atoms with Crippen molar-refractivity contribution in [1.82, 2.24) is 5.32 Å². The third kappa shape index (κ3) is 3.83. The minimum atomic E-state index is 0.461. The molecule has 1 aliphatic rings. The number of hydrogen-bond donors (Lipinski definition) is 2. The highest BCUT2D eigenvalue weighted by Crippen LogP contribution is 2.22. The second-order valence-corrected chi connectivity index (χ2v) is 5.34. The van der Waals surface area contributed by atoms with Gasteiger partial charge in [-0.25, -0.2) is 0 Å². The van der Waals surface area contributed by atoms with Gasteiger partial charge in [-0.1, -0.05) is 24.3 Å². The van der Waals surface area contributed by atoms with Gasteiger partial charge in [0.1, 0.15) is 0 Å². The molecule has 1 aromatic carbocycles. The molecule has 1 fully saturated rings. The van der Waals surface area contributed by atoms with Crippen LogP contribution in [-0.4, -0.2) is 12.6 Å². The average molecular weight is 232 g/mol. The molecule has 1 aromatic rings. The number of aryl methyl sites for hydroxylation is 1. The van der Waals surface area contributed by atoms with Gasteiger partial charge >= 0.3 is 0 Å². The van der Waals surface area contributed by atoms with E-state index in [-0.39, 0.29) is 0 Å². The summed E-state index contributed by atoms with van der Waals surface area (Å²) in [5.74, 6) is 0.832. The lowest BCUT2D eigenvalue weighted by Crippen LogP contribution is -2.31. The van der Waals surface area contributed by atoms with E-state index < -0.39 is 0 Å². The first-order valence-electron chi connectivity index (χ1n) is 6.76. The first-order valence-corrected chi connectivity index (χ1v) is 6.76. The molecule has 2 nitrogen and oxygen atoms in total. The smallest absolute Gasteiger partial charge is 0.0208 e. The highest BCUT2D eigenvalue weighted by Gasteiger charge is 2.17. The van der Waals surface area contributed by atoms with Crippen molar-refractivity contribution in [1.29, 1.82) is 0 Å². The summed E-state index contributed by atoms with van der Waals surface area (Å²) < 4.78 is 0. The second-order valence-electron chi connectivity index (χ2n) is 5.34. The third-order valence-electron chi connectivity index (χ3n) is 3.90. The molecule has 2 rings (SSSR count). The van der Waals surface area contributed by atoms with Crippen molar-refractivity contribution in [2.45, 2.75) is 45.2 Å². The predicted octanol–water partition coefficient (Wildman–Crippen LogP) is 2.60. The lowest BCUT2D eigenvalue weighted by Gasteiger charge is -2.26. The Morgan fingerprint density at radius 1 is 1.18 bits per heavy atom. The molecule has 17 heavy (non-hydrogen) atoms. The van der Waals surface area contributed by atoms with Crippen LogP contribution in [0.25, 0.3) is 0 Å². The van der Waals surface area contributed by atoms with E-state index in [0.29, 0.717) is 6.04 Å². The van der Waals surface area contributed by atoms with Crippen molar-refractivity contribution in [3.63, 3.8) is 0 Å². The molecule has 1 aliphatic carbocycles. The quantitative estimate of drug-likeness (QED) is 0.837. The van der Waals surface area contributed by atoms with Crippen molar-refractivity contribution < 1.29 is 0 Å². The molecule has 94 valence electrons. The number of hydrogen-bond acceptors (Lipinski definition) is 2. The summed E-state index contributed by atoms with van der Waals surface area (Å²) in [6, 6.07) is 9.06. The Morgan fingerprint density at radius 2 is 1.88 bits per heavy atom. The lowest BCUT2D eigenvalue weighted by molar-refractivity contribution is 0.314. The molecule has 0 aliphatic heterocycles. The van der Waals surface area contributed by atoms with Crippen LogP contribution in [-0.2, 0) is 6.54 Å². The van der Waals surface area contributed by atoms with E-state index >= 15 is 0 Å². The Morgan fingerprint density at radius 3 is 2.59 bits per heavy atom. The van der Waals surface area contributed by atoms with Gasteiger partial charge in [0.15, 0.2) is 0 Å². The SMILES string of the molecule is Cc1ccccc1CNCC1CCC(N)CC1. The van der Waals surface area contributed by atoms with Crippen LogP contribution >= 0.6 is 0 Å². The molecule has 0 bridgehead atoms.